The van der Waals surface area contributed by atoms with Gasteiger partial charge in [0, 0.05) is 19.3 Å². The van der Waals surface area contributed by atoms with Crippen LogP contribution in [0.15, 0.2) is 60.8 Å². The lowest BCUT2D eigenvalue weighted by atomic mass is 10.0. The lowest BCUT2D eigenvalue weighted by Gasteiger charge is -2.18. The summed E-state index contributed by atoms with van der Waals surface area (Å²) in [5.41, 5.74) is 0. The van der Waals surface area contributed by atoms with E-state index in [1.165, 1.54) is 250 Å². The van der Waals surface area contributed by atoms with E-state index in [2.05, 4.69) is 81.5 Å². The molecule has 6 nitrogen and oxygen atoms in total. The molecule has 1 unspecified atom stereocenters. The van der Waals surface area contributed by atoms with E-state index < -0.39 is 6.10 Å². The molecule has 0 rings (SSSR count). The standard InChI is InChI=1S/C75H136O6/c1-4-7-10-13-16-19-22-25-28-30-31-32-33-34-35-36-37-38-39-40-41-42-43-45-47-50-53-56-59-62-65-68-74(77)80-71-72(70-79-73(76)67-64-61-58-55-52-49-46-27-24-21-18-15-12-9-6-3)81-75(78)69-66-63-60-57-54-51-48-44-29-26-23-20-17-14-11-8-5-2/h7,10,16,19,25,27-28,31-32,46,72H,4-6,8-9,11-15,17-18,20-24,26,29-30,33-45,47-71H2,1-3H3/b10-7-,19-16-,28-25-,32-31-,46-27-. The Bertz CT molecular complexity index is 1440. The van der Waals surface area contributed by atoms with Crippen molar-refractivity contribution in [2.75, 3.05) is 13.2 Å². The summed E-state index contributed by atoms with van der Waals surface area (Å²) in [4.78, 5) is 38.4. The molecule has 0 bridgehead atoms. The summed E-state index contributed by atoms with van der Waals surface area (Å²) in [6.07, 6.45) is 89.7. The fraction of sp³-hybridized carbons (Fsp3) is 0.827. The van der Waals surface area contributed by atoms with Crippen LogP contribution in [0, 0.1) is 0 Å². The van der Waals surface area contributed by atoms with Crippen LogP contribution < -0.4 is 0 Å². The number of hydrogen-bond acceptors (Lipinski definition) is 6. The van der Waals surface area contributed by atoms with E-state index in [9.17, 15) is 14.4 Å². The van der Waals surface area contributed by atoms with E-state index >= 15 is 0 Å². The molecule has 0 heterocycles. The molecule has 0 aromatic rings. The van der Waals surface area contributed by atoms with E-state index in [1.807, 2.05) is 0 Å². The Hall–Kier alpha value is -2.89. The van der Waals surface area contributed by atoms with E-state index in [0.717, 1.165) is 89.9 Å². The molecule has 0 fully saturated rings. The van der Waals surface area contributed by atoms with Gasteiger partial charge in [-0.25, -0.2) is 0 Å². The minimum atomic E-state index is -0.774. The largest absolute Gasteiger partial charge is 0.462 e. The molecule has 0 N–H and O–H groups in total. The van der Waals surface area contributed by atoms with Crippen molar-refractivity contribution in [1.29, 1.82) is 0 Å². The van der Waals surface area contributed by atoms with Crippen molar-refractivity contribution in [3.63, 3.8) is 0 Å². The Labute approximate surface area is 504 Å². The maximum atomic E-state index is 12.9. The number of carbonyl (C=O) groups is 3. The van der Waals surface area contributed by atoms with Crippen LogP contribution in [0.1, 0.15) is 380 Å². The average molecular weight is 1130 g/mol. The van der Waals surface area contributed by atoms with Gasteiger partial charge in [-0.2, -0.15) is 0 Å². The highest BCUT2D eigenvalue weighted by Gasteiger charge is 2.19. The van der Waals surface area contributed by atoms with Crippen LogP contribution in [0.3, 0.4) is 0 Å². The molecule has 0 saturated carbocycles. The smallest absolute Gasteiger partial charge is 0.306 e. The average Bonchev–Trinajstić information content (AvgIpc) is 3.47. The Kier molecular flexibility index (Phi) is 67.1. The number of rotatable bonds is 66. The van der Waals surface area contributed by atoms with Crippen molar-refractivity contribution in [1.82, 2.24) is 0 Å². The van der Waals surface area contributed by atoms with Crippen LogP contribution >= 0.6 is 0 Å². The molecular formula is C75H136O6. The molecule has 6 heteroatoms. The van der Waals surface area contributed by atoms with Crippen molar-refractivity contribution in [3.8, 4) is 0 Å². The van der Waals surface area contributed by atoms with E-state index in [-0.39, 0.29) is 31.1 Å². The van der Waals surface area contributed by atoms with Gasteiger partial charge in [0.15, 0.2) is 6.10 Å². The monoisotopic (exact) mass is 1130 g/mol. The van der Waals surface area contributed by atoms with Gasteiger partial charge in [0.25, 0.3) is 0 Å². The van der Waals surface area contributed by atoms with Crippen molar-refractivity contribution < 1.29 is 28.6 Å². The highest BCUT2D eigenvalue weighted by molar-refractivity contribution is 5.71. The first-order valence-electron chi connectivity index (χ1n) is 35.8. The maximum absolute atomic E-state index is 12.9. The third-order valence-corrected chi connectivity index (χ3v) is 16.0. The number of carbonyl (C=O) groups excluding carboxylic acids is 3. The van der Waals surface area contributed by atoms with Crippen molar-refractivity contribution in [2.24, 2.45) is 0 Å². The minimum absolute atomic E-state index is 0.0705. The first-order chi connectivity index (χ1) is 40.0. The lowest BCUT2D eigenvalue weighted by molar-refractivity contribution is -0.167. The molecule has 81 heavy (non-hydrogen) atoms. The molecule has 1 atom stereocenters. The molecule has 0 aliphatic carbocycles. The van der Waals surface area contributed by atoms with Gasteiger partial charge in [-0.1, -0.05) is 338 Å². The SMILES string of the molecule is CC/C=C\C/C=C\C/C=C\C/C=C\CCCCCCCCCCCCCCCCCCCCC(=O)OCC(COC(=O)CCCCCCC/C=C\CCCCCCCC)OC(=O)CCCCCCCCCCCCCCCCCCC. The first kappa shape index (κ1) is 78.1. The Morgan fingerprint density at radius 1 is 0.259 bits per heavy atom. The molecule has 0 saturated heterocycles. The zero-order valence-electron chi connectivity index (χ0n) is 54.3. The van der Waals surface area contributed by atoms with Crippen LogP contribution in [-0.4, -0.2) is 37.2 Å². The topological polar surface area (TPSA) is 78.9 Å². The summed E-state index contributed by atoms with van der Waals surface area (Å²) in [5.74, 6) is -0.851. The molecule has 0 aliphatic heterocycles. The summed E-state index contributed by atoms with van der Waals surface area (Å²) in [5, 5.41) is 0. The predicted octanol–water partition coefficient (Wildman–Crippen LogP) is 24.7. The Morgan fingerprint density at radius 2 is 0.481 bits per heavy atom. The molecule has 0 radical (unpaired) electrons. The van der Waals surface area contributed by atoms with Gasteiger partial charge in [-0.15, -0.1) is 0 Å². The molecule has 0 aromatic carbocycles. The predicted molar refractivity (Wildman–Crippen MR) is 353 cm³/mol. The second-order valence-corrected chi connectivity index (χ2v) is 24.1. The van der Waals surface area contributed by atoms with Crippen molar-refractivity contribution in [2.45, 2.75) is 386 Å². The number of allylic oxidation sites excluding steroid dienone is 10. The van der Waals surface area contributed by atoms with Crippen LogP contribution in [0.4, 0.5) is 0 Å². The molecule has 0 spiro atoms. The van der Waals surface area contributed by atoms with Gasteiger partial charge in [-0.05, 0) is 83.5 Å². The summed E-state index contributed by atoms with van der Waals surface area (Å²) in [6, 6.07) is 0. The number of hydrogen-bond donors (Lipinski definition) is 0. The highest BCUT2D eigenvalue weighted by Crippen LogP contribution is 2.18. The normalized spacial score (nSPS) is 12.4. The lowest BCUT2D eigenvalue weighted by Crippen LogP contribution is -2.30. The van der Waals surface area contributed by atoms with Crippen LogP contribution in [0.5, 0.6) is 0 Å². The Morgan fingerprint density at radius 3 is 0.765 bits per heavy atom. The second kappa shape index (κ2) is 69.6. The summed E-state index contributed by atoms with van der Waals surface area (Å²) in [7, 11) is 0. The molecule has 0 aromatic heterocycles. The number of esters is 3. The van der Waals surface area contributed by atoms with Gasteiger partial charge < -0.3 is 14.2 Å². The molecular weight excluding hydrogens is 997 g/mol. The van der Waals surface area contributed by atoms with Crippen LogP contribution in [-0.2, 0) is 28.6 Å². The summed E-state index contributed by atoms with van der Waals surface area (Å²) in [6.45, 7) is 6.58. The maximum Gasteiger partial charge on any atom is 0.306 e. The minimum Gasteiger partial charge on any atom is -0.462 e. The van der Waals surface area contributed by atoms with E-state index in [0.29, 0.717) is 19.3 Å². The van der Waals surface area contributed by atoms with Gasteiger partial charge >= 0.3 is 17.9 Å². The molecule has 472 valence electrons. The summed E-state index contributed by atoms with van der Waals surface area (Å²) >= 11 is 0. The van der Waals surface area contributed by atoms with Gasteiger partial charge in [0.05, 0.1) is 0 Å². The van der Waals surface area contributed by atoms with Crippen molar-refractivity contribution in [3.05, 3.63) is 60.8 Å². The number of ether oxygens (including phenoxy) is 3. The summed E-state index contributed by atoms with van der Waals surface area (Å²) < 4.78 is 17.0. The van der Waals surface area contributed by atoms with E-state index in [1.54, 1.807) is 0 Å². The zero-order chi connectivity index (χ0) is 58.5. The van der Waals surface area contributed by atoms with E-state index in [4.69, 9.17) is 14.2 Å². The van der Waals surface area contributed by atoms with Gasteiger partial charge in [-0.3, -0.25) is 14.4 Å². The number of unbranched alkanes of at least 4 members (excludes halogenated alkanes) is 45. The van der Waals surface area contributed by atoms with Crippen LogP contribution in [0.25, 0.3) is 0 Å². The molecule has 0 aliphatic rings. The fourth-order valence-electron chi connectivity index (χ4n) is 10.7. The van der Waals surface area contributed by atoms with Crippen molar-refractivity contribution >= 4 is 17.9 Å². The zero-order valence-corrected chi connectivity index (χ0v) is 54.3. The quantitative estimate of drug-likeness (QED) is 0.0261. The highest BCUT2D eigenvalue weighted by atomic mass is 16.6. The van der Waals surface area contributed by atoms with Crippen LogP contribution in [0.2, 0.25) is 0 Å². The fourth-order valence-corrected chi connectivity index (χ4v) is 10.7. The Balaban J connectivity index is 4.19. The third-order valence-electron chi connectivity index (χ3n) is 16.0. The van der Waals surface area contributed by atoms with Gasteiger partial charge in [0.1, 0.15) is 13.2 Å². The third kappa shape index (κ3) is 67.8. The molecule has 0 amide bonds. The first-order valence-corrected chi connectivity index (χ1v) is 35.8. The second-order valence-electron chi connectivity index (χ2n) is 24.1. The van der Waals surface area contributed by atoms with Gasteiger partial charge in [0.2, 0.25) is 0 Å².